The highest BCUT2D eigenvalue weighted by atomic mass is 32.2. The maximum absolute atomic E-state index is 13.3. The number of rotatable bonds is 18. The van der Waals surface area contributed by atoms with E-state index in [1.165, 1.54) is 30.7 Å². The molecule has 4 amide bonds. The Morgan fingerprint density at radius 3 is 2.41 bits per heavy atom. The second-order valence-electron chi connectivity index (χ2n) is 14.1. The Labute approximate surface area is 338 Å². The molecule has 0 spiro atoms. The molecule has 58 heavy (non-hydrogen) atoms. The monoisotopic (exact) mass is 809 g/mol. The predicted molar refractivity (Wildman–Crippen MR) is 216 cm³/mol. The van der Waals surface area contributed by atoms with E-state index in [9.17, 15) is 32.7 Å². The first-order valence-corrected chi connectivity index (χ1v) is 20.0. The van der Waals surface area contributed by atoms with Crippen molar-refractivity contribution in [1.82, 2.24) is 19.8 Å². The number of Topliss-reactive ketones (excluding diaryl/α,β-unsaturated/α-hetero) is 1. The van der Waals surface area contributed by atoms with Crippen molar-refractivity contribution in [3.8, 4) is 0 Å². The quantitative estimate of drug-likeness (QED) is 0.0615. The van der Waals surface area contributed by atoms with Crippen molar-refractivity contribution in [2.24, 2.45) is 5.73 Å². The average molecular weight is 810 g/mol. The van der Waals surface area contributed by atoms with E-state index >= 15 is 0 Å². The zero-order valence-corrected chi connectivity index (χ0v) is 33.0. The van der Waals surface area contributed by atoms with Gasteiger partial charge in [0.1, 0.15) is 5.82 Å². The smallest absolute Gasteiger partial charge is 0.264 e. The molecule has 3 aromatic carbocycles. The first-order valence-electron chi connectivity index (χ1n) is 19.0. The summed E-state index contributed by atoms with van der Waals surface area (Å²) in [6.45, 7) is 5.20. The van der Waals surface area contributed by atoms with E-state index in [-0.39, 0.29) is 54.4 Å². The summed E-state index contributed by atoms with van der Waals surface area (Å²) in [6.07, 6.45) is 3.40. The van der Waals surface area contributed by atoms with Gasteiger partial charge in [-0.05, 0) is 98.1 Å². The second kappa shape index (κ2) is 18.9. The van der Waals surface area contributed by atoms with E-state index in [1.807, 2.05) is 24.0 Å². The molecular weight excluding hydrogens is 765 g/mol. The molecule has 16 nitrogen and oxygen atoms in total. The number of nitrogens with one attached hydrogen (secondary N) is 3. The summed E-state index contributed by atoms with van der Waals surface area (Å²) in [5, 5.41) is 9.52. The summed E-state index contributed by atoms with van der Waals surface area (Å²) >= 11 is -2.34. The third kappa shape index (κ3) is 10.1. The van der Waals surface area contributed by atoms with Gasteiger partial charge in [-0.1, -0.05) is 24.3 Å². The highest BCUT2D eigenvalue weighted by Gasteiger charge is 2.43. The number of likely N-dealkylation sites (tertiary alicyclic amines) is 1. The molecule has 1 fully saturated rings. The van der Waals surface area contributed by atoms with Crippen LogP contribution in [0.2, 0.25) is 0 Å². The van der Waals surface area contributed by atoms with Gasteiger partial charge in [-0.25, -0.2) is 4.98 Å². The van der Waals surface area contributed by atoms with Gasteiger partial charge in [-0.2, -0.15) is 4.98 Å². The second-order valence-corrected chi connectivity index (χ2v) is 15.1. The molecule has 0 aliphatic carbocycles. The molecule has 2 aliphatic heterocycles. The minimum atomic E-state index is -2.34. The van der Waals surface area contributed by atoms with Crippen molar-refractivity contribution < 1.29 is 37.5 Å². The standard InChI is InChI=1S/C41H46N8O8S/c1-25-24-44-41(47-38(25)45-30-5-3-6-31(23-30)58(55)56)46-29-11-9-27(10-12-29)28-15-19-48(20-16-28)36(52)17-21-57-22-18-43-33-8-4-7-32-37(33)40(54)49(39(32)53)34(26(2)50)13-14-35(42)51/h3-12,23-24,28,34,43H,13-22H2,1-2H3,(H2,42,51)(H,55,56)(H2,44,45,46,47)/p-1. The fourth-order valence-corrected chi connectivity index (χ4v) is 7.49. The molecule has 2 unspecified atom stereocenters. The van der Waals surface area contributed by atoms with Crippen molar-refractivity contribution in [1.29, 1.82) is 0 Å². The van der Waals surface area contributed by atoms with Crippen LogP contribution in [0.1, 0.15) is 76.8 Å². The molecule has 1 aromatic heterocycles. The number of aromatic nitrogens is 2. The molecule has 5 N–H and O–H groups in total. The Morgan fingerprint density at radius 2 is 1.71 bits per heavy atom. The summed E-state index contributed by atoms with van der Waals surface area (Å²) in [5.41, 5.74) is 9.37. The number of anilines is 5. The molecule has 0 radical (unpaired) electrons. The zero-order chi connectivity index (χ0) is 41.3. The van der Waals surface area contributed by atoms with Crippen molar-refractivity contribution in [2.75, 3.05) is 48.8 Å². The van der Waals surface area contributed by atoms with E-state index in [0.717, 1.165) is 29.0 Å². The van der Waals surface area contributed by atoms with Crippen molar-refractivity contribution in [3.05, 3.63) is 95.2 Å². The van der Waals surface area contributed by atoms with Gasteiger partial charge in [0.2, 0.25) is 17.8 Å². The van der Waals surface area contributed by atoms with Crippen LogP contribution in [0.4, 0.5) is 28.8 Å². The first-order chi connectivity index (χ1) is 27.9. The highest BCUT2D eigenvalue weighted by Crippen LogP contribution is 2.33. The topological polar surface area (TPSA) is 229 Å². The van der Waals surface area contributed by atoms with Gasteiger partial charge in [0.25, 0.3) is 11.8 Å². The number of nitrogens with zero attached hydrogens (tertiary/aromatic N) is 4. The van der Waals surface area contributed by atoms with Crippen LogP contribution in [0.5, 0.6) is 0 Å². The number of benzene rings is 3. The van der Waals surface area contributed by atoms with Crippen LogP contribution in [0, 0.1) is 6.92 Å². The normalized spacial score (nSPS) is 15.2. The first kappa shape index (κ1) is 41.6. The molecule has 6 rings (SSSR count). The molecule has 4 aromatic rings. The van der Waals surface area contributed by atoms with E-state index in [4.69, 9.17) is 10.5 Å². The number of amides is 4. The summed E-state index contributed by atoms with van der Waals surface area (Å²) in [6, 6.07) is 18.3. The van der Waals surface area contributed by atoms with Crippen molar-refractivity contribution in [2.45, 2.75) is 62.8 Å². The number of hydrogen-bond acceptors (Lipinski definition) is 13. The van der Waals surface area contributed by atoms with Crippen molar-refractivity contribution >= 4 is 69.3 Å². The molecule has 2 aliphatic rings. The number of carbonyl (C=O) groups is 5. The van der Waals surface area contributed by atoms with E-state index in [2.05, 4.69) is 38.1 Å². The van der Waals surface area contributed by atoms with Gasteiger partial charge in [0.05, 0.1) is 36.8 Å². The molecule has 2 atom stereocenters. The van der Waals surface area contributed by atoms with Gasteiger partial charge in [0.15, 0.2) is 5.78 Å². The number of fused-ring (bicyclic) bond motifs is 1. The Hall–Kier alpha value is -6.04. The third-order valence-corrected chi connectivity index (χ3v) is 10.8. The number of primary amides is 1. The molecular formula is C41H45N8O8S-. The number of aryl methyl sites for hydroxylation is 1. The fourth-order valence-electron chi connectivity index (χ4n) is 7.08. The maximum Gasteiger partial charge on any atom is 0.264 e. The fraction of sp³-hybridized carbons (Fsp3) is 0.341. The maximum atomic E-state index is 13.3. The van der Waals surface area contributed by atoms with Crippen LogP contribution in [0.15, 0.2) is 77.8 Å². The van der Waals surface area contributed by atoms with Gasteiger partial charge in [0, 0.05) is 59.8 Å². The summed E-state index contributed by atoms with van der Waals surface area (Å²) in [4.78, 5) is 75.0. The SMILES string of the molecule is CC(=O)C(CCC(N)=O)N1C(=O)c2cccc(NCCOCCC(=O)N3CCC(c4ccc(Nc5ncc(C)c(Nc6cccc(S(=O)[O-])c6)n5)cc4)CC3)c2C1=O. The van der Waals surface area contributed by atoms with Crippen LogP contribution >= 0.6 is 0 Å². The number of ether oxygens (including phenoxy) is 1. The van der Waals surface area contributed by atoms with Crippen LogP contribution in [0.3, 0.4) is 0 Å². The number of imide groups is 1. The molecule has 304 valence electrons. The molecule has 0 bridgehead atoms. The van der Waals surface area contributed by atoms with E-state index in [1.54, 1.807) is 30.5 Å². The number of nitrogens with two attached hydrogens (primary N) is 1. The number of hydrogen-bond donors (Lipinski definition) is 4. The van der Waals surface area contributed by atoms with Crippen molar-refractivity contribution in [3.63, 3.8) is 0 Å². The van der Waals surface area contributed by atoms with Gasteiger partial charge >= 0.3 is 0 Å². The van der Waals surface area contributed by atoms with Gasteiger partial charge in [-0.3, -0.25) is 33.1 Å². The molecule has 0 saturated carbocycles. The molecule has 17 heteroatoms. The number of carbonyl (C=O) groups excluding carboxylic acids is 5. The van der Waals surface area contributed by atoms with Gasteiger partial charge in [-0.15, -0.1) is 0 Å². The zero-order valence-electron chi connectivity index (χ0n) is 32.2. The summed E-state index contributed by atoms with van der Waals surface area (Å²) in [7, 11) is 0. The summed E-state index contributed by atoms with van der Waals surface area (Å²) < 4.78 is 28.4. The molecule has 1 saturated heterocycles. The number of ketones is 1. The van der Waals surface area contributed by atoms with E-state index in [0.29, 0.717) is 48.7 Å². The third-order valence-electron chi connectivity index (χ3n) is 10.2. The van der Waals surface area contributed by atoms with E-state index < -0.39 is 40.6 Å². The van der Waals surface area contributed by atoms with Crippen LogP contribution < -0.4 is 21.7 Å². The lowest BCUT2D eigenvalue weighted by atomic mass is 9.89. The average Bonchev–Trinajstić information content (AvgIpc) is 3.46. The van der Waals surface area contributed by atoms with Gasteiger partial charge < -0.3 is 35.9 Å². The minimum Gasteiger partial charge on any atom is -0.768 e. The lowest BCUT2D eigenvalue weighted by molar-refractivity contribution is -0.133. The Balaban J connectivity index is 0.916. The Bertz CT molecular complexity index is 2210. The Morgan fingerprint density at radius 1 is 0.966 bits per heavy atom. The lowest BCUT2D eigenvalue weighted by Gasteiger charge is -2.32. The predicted octanol–water partition coefficient (Wildman–Crippen LogP) is 4.55. The highest BCUT2D eigenvalue weighted by molar-refractivity contribution is 7.79. The van der Waals surface area contributed by atoms with Crippen LogP contribution in [-0.4, -0.2) is 96.8 Å². The Kier molecular flexibility index (Phi) is 13.6. The largest absolute Gasteiger partial charge is 0.768 e. The molecule has 3 heterocycles. The van der Waals surface area contributed by atoms with Crippen LogP contribution in [0.25, 0.3) is 0 Å². The minimum absolute atomic E-state index is 0.0208. The lowest BCUT2D eigenvalue weighted by Crippen LogP contribution is -2.44. The number of piperidine rings is 1. The summed E-state index contributed by atoms with van der Waals surface area (Å²) in [5.74, 6) is -0.989. The van der Waals surface area contributed by atoms with Crippen LogP contribution in [-0.2, 0) is 30.2 Å².